The molecule has 2 atom stereocenters. The lowest BCUT2D eigenvalue weighted by Gasteiger charge is -2.35. The molecule has 11 nitrogen and oxygen atoms in total. The fourth-order valence-corrected chi connectivity index (χ4v) is 9.28. The molecule has 2 unspecified atom stereocenters. The molecule has 1 aromatic heterocycles. The number of likely N-dealkylation sites (tertiary alicyclic amines) is 2. The highest BCUT2D eigenvalue weighted by Gasteiger charge is 2.38. The maximum atomic E-state index is 13.7. The largest absolute Gasteiger partial charge is 0.508 e. The van der Waals surface area contributed by atoms with Crippen LogP contribution in [0.25, 0.3) is 20.5 Å². The van der Waals surface area contributed by atoms with E-state index in [4.69, 9.17) is 25.8 Å². The number of ether oxygens (including phenoxy) is 3. The second-order valence-corrected chi connectivity index (χ2v) is 18.9. The SMILES string of the molecule is CC1CCCN1C(=O)C(NC(=O)COCCOCCN1CCC(c2ccc(Oc3c(-c4ccc(F)cc4)sc4cc(O)ccc34)cc2)CC1)C(C)(C)C.O=CNCc1ccc(Cl)cc1. The fourth-order valence-electron chi connectivity index (χ4n) is 7.99. The number of thiophene rings is 1. The first-order chi connectivity index (χ1) is 30.8. The van der Waals surface area contributed by atoms with Crippen molar-refractivity contribution in [3.63, 3.8) is 0 Å². The molecule has 0 radical (unpaired) electrons. The Labute approximate surface area is 384 Å². The van der Waals surface area contributed by atoms with Crippen LogP contribution in [0, 0.1) is 11.2 Å². The number of nitrogens with zero attached hydrogens (tertiary/aromatic N) is 2. The van der Waals surface area contributed by atoms with E-state index in [9.17, 15) is 23.9 Å². The highest BCUT2D eigenvalue weighted by atomic mass is 35.5. The third kappa shape index (κ3) is 13.7. The number of aromatic hydroxyl groups is 1. The predicted molar refractivity (Wildman–Crippen MR) is 252 cm³/mol. The zero-order chi connectivity index (χ0) is 45.6. The molecule has 2 aliphatic heterocycles. The number of nitrogens with one attached hydrogen (secondary N) is 2. The molecule has 0 saturated carbocycles. The van der Waals surface area contributed by atoms with Gasteiger partial charge in [-0.05, 0) is 128 Å². The van der Waals surface area contributed by atoms with Crippen molar-refractivity contribution in [2.75, 3.05) is 52.6 Å². The summed E-state index contributed by atoms with van der Waals surface area (Å²) < 4.78 is 32.4. The Morgan fingerprint density at radius 1 is 0.922 bits per heavy atom. The summed E-state index contributed by atoms with van der Waals surface area (Å²) in [5.74, 6) is 1.48. The first-order valence-corrected chi connectivity index (χ1v) is 23.2. The van der Waals surface area contributed by atoms with Crippen LogP contribution in [0.2, 0.25) is 5.02 Å². The van der Waals surface area contributed by atoms with E-state index in [0.717, 1.165) is 83.7 Å². The van der Waals surface area contributed by atoms with E-state index in [1.165, 1.54) is 29.0 Å². The van der Waals surface area contributed by atoms with Gasteiger partial charge >= 0.3 is 0 Å². The molecule has 3 amide bonds. The van der Waals surface area contributed by atoms with Crippen molar-refractivity contribution in [1.29, 1.82) is 0 Å². The molecule has 0 aliphatic carbocycles. The zero-order valence-corrected chi connectivity index (χ0v) is 38.7. The highest BCUT2D eigenvalue weighted by molar-refractivity contribution is 7.22. The van der Waals surface area contributed by atoms with Gasteiger partial charge in [-0.2, -0.15) is 0 Å². The monoisotopic (exact) mass is 914 g/mol. The van der Waals surface area contributed by atoms with Crippen LogP contribution in [0.3, 0.4) is 0 Å². The number of hydrogen-bond acceptors (Lipinski definition) is 9. The molecule has 3 heterocycles. The molecule has 0 spiro atoms. The van der Waals surface area contributed by atoms with Crippen molar-refractivity contribution in [2.45, 2.75) is 77.9 Å². The van der Waals surface area contributed by atoms with E-state index >= 15 is 0 Å². The molecule has 0 bridgehead atoms. The van der Waals surface area contributed by atoms with Crippen molar-refractivity contribution in [1.82, 2.24) is 20.4 Å². The van der Waals surface area contributed by atoms with Crippen molar-refractivity contribution in [3.05, 3.63) is 113 Å². The van der Waals surface area contributed by atoms with Gasteiger partial charge in [0.25, 0.3) is 0 Å². The van der Waals surface area contributed by atoms with Gasteiger partial charge in [-0.15, -0.1) is 11.3 Å². The standard InChI is InChI=1S/C42H52FN3O6S.C8H8ClNO/c1-28-6-5-19-46(28)41(49)40(42(2,3)4)44-37(48)27-51-25-24-50-23-22-45-20-17-30(18-21-45)29-9-14-34(15-10-29)52-38-35-16-13-33(47)26-36(35)53-39(38)31-7-11-32(43)12-8-31;9-8-3-1-7(2-4-8)5-10-6-11/h7-16,26,28,30,40,47H,5-6,17-25,27H2,1-4H3,(H,44,48);1-4,6H,5H2,(H,10,11). The number of hydrogen-bond donors (Lipinski definition) is 3. The van der Waals surface area contributed by atoms with Crippen molar-refractivity contribution in [2.24, 2.45) is 5.41 Å². The molecule has 342 valence electrons. The van der Waals surface area contributed by atoms with E-state index in [-0.39, 0.29) is 36.0 Å². The van der Waals surface area contributed by atoms with Crippen molar-refractivity contribution < 1.29 is 38.1 Å². The summed E-state index contributed by atoms with van der Waals surface area (Å²) in [6.07, 6.45) is 4.78. The molecule has 5 aromatic rings. The van der Waals surface area contributed by atoms with Gasteiger partial charge < -0.3 is 39.8 Å². The first-order valence-electron chi connectivity index (χ1n) is 22.0. The summed E-state index contributed by atoms with van der Waals surface area (Å²) in [4.78, 5) is 40.9. The molecular weight excluding hydrogens is 855 g/mol. The number of phenols is 1. The number of benzene rings is 4. The fraction of sp³-hybridized carbons (Fsp3) is 0.420. The van der Waals surface area contributed by atoms with Gasteiger partial charge in [0.05, 0.1) is 24.7 Å². The lowest BCUT2D eigenvalue weighted by molar-refractivity contribution is -0.141. The molecule has 2 fully saturated rings. The third-order valence-electron chi connectivity index (χ3n) is 11.6. The van der Waals surface area contributed by atoms with Gasteiger partial charge in [0.1, 0.15) is 30.0 Å². The summed E-state index contributed by atoms with van der Waals surface area (Å²) in [7, 11) is 0. The molecular formula is C50H60ClFN4O7S. The van der Waals surface area contributed by atoms with Crippen LogP contribution < -0.4 is 15.4 Å². The molecule has 7 rings (SSSR count). The third-order valence-corrected chi connectivity index (χ3v) is 13.0. The van der Waals surface area contributed by atoms with Crippen LogP contribution in [0.5, 0.6) is 17.2 Å². The average molecular weight is 916 g/mol. The van der Waals surface area contributed by atoms with E-state index in [1.807, 2.05) is 56.0 Å². The predicted octanol–water partition coefficient (Wildman–Crippen LogP) is 9.55. The number of phenolic OH excluding ortho intramolecular Hbond substituents is 1. The average Bonchev–Trinajstić information content (AvgIpc) is 3.87. The van der Waals surface area contributed by atoms with Gasteiger partial charge in [-0.3, -0.25) is 14.4 Å². The Balaban J connectivity index is 0.000000540. The lowest BCUT2D eigenvalue weighted by atomic mass is 9.85. The van der Waals surface area contributed by atoms with E-state index in [0.29, 0.717) is 49.5 Å². The maximum absolute atomic E-state index is 13.7. The van der Waals surface area contributed by atoms with E-state index in [1.54, 1.807) is 36.4 Å². The van der Waals surface area contributed by atoms with Gasteiger partial charge in [-0.1, -0.05) is 68.8 Å². The number of carbonyl (C=O) groups is 3. The Morgan fingerprint density at radius 3 is 2.28 bits per heavy atom. The molecule has 4 aromatic carbocycles. The number of piperidine rings is 1. The topological polar surface area (TPSA) is 130 Å². The molecule has 64 heavy (non-hydrogen) atoms. The Bertz CT molecular complexity index is 2280. The number of amides is 3. The molecule has 2 aliphatic rings. The maximum Gasteiger partial charge on any atom is 0.246 e. The van der Waals surface area contributed by atoms with Crippen LogP contribution in [0.4, 0.5) is 4.39 Å². The number of carbonyl (C=O) groups excluding carboxylic acids is 3. The quantitative estimate of drug-likeness (QED) is 0.0622. The van der Waals surface area contributed by atoms with Crippen LogP contribution in [-0.4, -0.2) is 97.8 Å². The first kappa shape index (κ1) is 48.4. The van der Waals surface area contributed by atoms with E-state index < -0.39 is 11.5 Å². The van der Waals surface area contributed by atoms with Gasteiger partial charge in [0.15, 0.2) is 5.75 Å². The second-order valence-electron chi connectivity index (χ2n) is 17.4. The van der Waals surface area contributed by atoms with Crippen molar-refractivity contribution in [3.8, 4) is 27.7 Å². The Morgan fingerprint density at radius 2 is 1.62 bits per heavy atom. The Kier molecular flexibility index (Phi) is 17.6. The van der Waals surface area contributed by atoms with E-state index in [2.05, 4.69) is 34.6 Å². The molecule has 3 N–H and O–H groups in total. The minimum absolute atomic E-state index is 0.0166. The second kappa shape index (κ2) is 23.2. The van der Waals surface area contributed by atoms with Crippen LogP contribution >= 0.6 is 22.9 Å². The summed E-state index contributed by atoms with van der Waals surface area (Å²) in [5.41, 5.74) is 2.79. The minimum Gasteiger partial charge on any atom is -0.508 e. The molecule has 2 saturated heterocycles. The number of rotatable bonds is 17. The van der Waals surface area contributed by atoms with Crippen LogP contribution in [0.1, 0.15) is 70.4 Å². The van der Waals surface area contributed by atoms with Crippen molar-refractivity contribution >= 4 is 51.2 Å². The zero-order valence-electron chi connectivity index (χ0n) is 37.1. The van der Waals surface area contributed by atoms with Crippen LogP contribution in [0.15, 0.2) is 91.0 Å². The normalized spacial score (nSPS) is 16.2. The smallest absolute Gasteiger partial charge is 0.246 e. The summed E-state index contributed by atoms with van der Waals surface area (Å²) >= 11 is 7.16. The highest BCUT2D eigenvalue weighted by Crippen LogP contribution is 2.47. The van der Waals surface area contributed by atoms with Crippen LogP contribution in [-0.2, 0) is 30.4 Å². The summed E-state index contributed by atoms with van der Waals surface area (Å²) in [6, 6.07) is 26.9. The van der Waals surface area contributed by atoms with Gasteiger partial charge in [0.2, 0.25) is 18.2 Å². The van der Waals surface area contributed by atoms with Gasteiger partial charge in [0, 0.05) is 40.8 Å². The lowest BCUT2D eigenvalue weighted by Crippen LogP contribution is -2.56. The summed E-state index contributed by atoms with van der Waals surface area (Å²) in [5, 5.41) is 17.1. The Hall–Kier alpha value is -5.05. The van der Waals surface area contributed by atoms with Gasteiger partial charge in [-0.25, -0.2) is 4.39 Å². The number of fused-ring (bicyclic) bond motifs is 1. The molecule has 14 heteroatoms. The minimum atomic E-state index is -0.591. The number of halogens is 2. The summed E-state index contributed by atoms with van der Waals surface area (Å²) in [6.45, 7) is 13.3.